The standard InChI is InChI=1S/C56H68N4O2/c1-3-5-7-9-11-13-15-17-19-21-45-47-31-35-51(57-47)55(43-27-23-41(39-61)24-28-43)53-37-33-49(59-53)46(22-20-18-16-14-12-10-8-6-4-2)50-34-38-54(60-50)56(52-36-32-48(45)58-52)44-29-25-42(40-62)26-30-44/h23-39,57,60,62H,3-22,40H2,1-2H3. The van der Waals surface area contributed by atoms with Crippen molar-refractivity contribution in [2.24, 2.45) is 0 Å². The van der Waals surface area contributed by atoms with E-state index in [0.29, 0.717) is 5.56 Å². The van der Waals surface area contributed by atoms with E-state index in [4.69, 9.17) is 9.97 Å². The second-order valence-corrected chi connectivity index (χ2v) is 17.5. The first-order chi connectivity index (χ1) is 30.6. The molecule has 0 saturated carbocycles. The number of aldehydes is 1. The van der Waals surface area contributed by atoms with Crippen LogP contribution in [-0.4, -0.2) is 31.3 Å². The highest BCUT2D eigenvalue weighted by molar-refractivity contribution is 5.94. The third kappa shape index (κ3) is 11.6. The topological polar surface area (TPSA) is 94.7 Å². The Morgan fingerprint density at radius 3 is 1.23 bits per heavy atom. The average molecular weight is 829 g/mol. The van der Waals surface area contributed by atoms with E-state index in [2.05, 4.69) is 84.5 Å². The van der Waals surface area contributed by atoms with Gasteiger partial charge in [0.1, 0.15) is 6.29 Å². The maximum absolute atomic E-state index is 11.7. The summed E-state index contributed by atoms with van der Waals surface area (Å²) in [6.07, 6.45) is 34.4. The van der Waals surface area contributed by atoms with E-state index in [1.165, 1.54) is 114 Å². The molecule has 0 spiro atoms. The van der Waals surface area contributed by atoms with Crippen LogP contribution in [0.5, 0.6) is 0 Å². The second kappa shape index (κ2) is 23.2. The van der Waals surface area contributed by atoms with Crippen LogP contribution < -0.4 is 0 Å². The minimum Gasteiger partial charge on any atom is -0.392 e. The van der Waals surface area contributed by atoms with Gasteiger partial charge < -0.3 is 15.1 Å². The van der Waals surface area contributed by atoms with Gasteiger partial charge in [0, 0.05) is 49.9 Å². The molecule has 0 radical (unpaired) electrons. The van der Waals surface area contributed by atoms with Crippen molar-refractivity contribution in [2.45, 2.75) is 149 Å². The van der Waals surface area contributed by atoms with Crippen molar-refractivity contribution in [2.75, 3.05) is 0 Å². The van der Waals surface area contributed by atoms with Crippen LogP contribution in [0.25, 0.3) is 68.6 Å². The Balaban J connectivity index is 1.36. The third-order valence-electron chi connectivity index (χ3n) is 12.8. The highest BCUT2D eigenvalue weighted by Gasteiger charge is 2.18. The summed E-state index contributed by atoms with van der Waals surface area (Å²) in [4.78, 5) is 30.4. The Morgan fingerprint density at radius 2 is 0.823 bits per heavy atom. The molecule has 0 saturated heterocycles. The molecule has 0 amide bonds. The first-order valence-corrected chi connectivity index (χ1v) is 24.0. The van der Waals surface area contributed by atoms with E-state index in [0.717, 1.165) is 105 Å². The molecule has 2 aliphatic heterocycles. The molecule has 62 heavy (non-hydrogen) atoms. The van der Waals surface area contributed by atoms with Gasteiger partial charge in [-0.25, -0.2) is 9.97 Å². The number of carbonyl (C=O) groups is 1. The maximum atomic E-state index is 11.7. The van der Waals surface area contributed by atoms with Crippen LogP contribution in [0.3, 0.4) is 0 Å². The lowest BCUT2D eigenvalue weighted by Gasteiger charge is -2.07. The van der Waals surface area contributed by atoms with Gasteiger partial charge in [0.05, 0.1) is 29.4 Å². The number of carbonyl (C=O) groups excluding carboxylic acids is 1. The molecule has 0 aliphatic carbocycles. The molecule has 3 aromatic heterocycles. The molecule has 8 bridgehead atoms. The molecule has 0 atom stereocenters. The number of unbranched alkanes of at least 4 members (excludes halogenated alkanes) is 16. The quantitative estimate of drug-likeness (QED) is 0.0418. The van der Waals surface area contributed by atoms with Gasteiger partial charge in [-0.05, 0) is 90.9 Å². The summed E-state index contributed by atoms with van der Waals surface area (Å²) in [5.41, 5.74) is 16.0. The summed E-state index contributed by atoms with van der Waals surface area (Å²) >= 11 is 0. The van der Waals surface area contributed by atoms with Crippen molar-refractivity contribution in [1.29, 1.82) is 0 Å². The molecule has 6 nitrogen and oxygen atoms in total. The highest BCUT2D eigenvalue weighted by atomic mass is 16.3. The van der Waals surface area contributed by atoms with Crippen molar-refractivity contribution in [3.05, 3.63) is 118 Å². The number of aliphatic hydroxyl groups is 1. The molecule has 2 aromatic carbocycles. The summed E-state index contributed by atoms with van der Waals surface area (Å²) in [6, 6.07) is 24.9. The van der Waals surface area contributed by atoms with Gasteiger partial charge in [0.15, 0.2) is 0 Å². The SMILES string of the molecule is CCCCCCCCCCCc1c2nc(c(-c3ccc(CO)cc3)c3ccc([nH]3)c(CCCCCCCCCCC)c3nc(c(-c4ccc(C=O)cc4)c4ccc1[nH]4)C=C3)C=C2. The van der Waals surface area contributed by atoms with E-state index < -0.39 is 0 Å². The second-order valence-electron chi connectivity index (χ2n) is 17.5. The van der Waals surface area contributed by atoms with Gasteiger partial charge in [0.25, 0.3) is 0 Å². The van der Waals surface area contributed by atoms with Crippen LogP contribution in [0.1, 0.15) is 179 Å². The molecule has 0 fully saturated rings. The zero-order valence-electron chi connectivity index (χ0n) is 37.4. The van der Waals surface area contributed by atoms with Gasteiger partial charge in [-0.3, -0.25) is 4.79 Å². The number of benzene rings is 2. The fourth-order valence-electron chi connectivity index (χ4n) is 9.19. The van der Waals surface area contributed by atoms with Crippen LogP contribution in [0.2, 0.25) is 0 Å². The first-order valence-electron chi connectivity index (χ1n) is 24.0. The van der Waals surface area contributed by atoms with Crippen molar-refractivity contribution in [1.82, 2.24) is 19.9 Å². The molecular weight excluding hydrogens is 761 g/mol. The number of rotatable bonds is 24. The van der Waals surface area contributed by atoms with E-state index in [-0.39, 0.29) is 6.61 Å². The van der Waals surface area contributed by atoms with E-state index >= 15 is 0 Å². The van der Waals surface area contributed by atoms with E-state index in [1.54, 1.807) is 0 Å². The van der Waals surface area contributed by atoms with Crippen molar-refractivity contribution < 1.29 is 9.90 Å². The summed E-state index contributed by atoms with van der Waals surface area (Å²) in [5, 5.41) is 9.91. The lowest BCUT2D eigenvalue weighted by molar-refractivity contribution is 0.112. The van der Waals surface area contributed by atoms with Crippen molar-refractivity contribution in [3.8, 4) is 22.3 Å². The van der Waals surface area contributed by atoms with Gasteiger partial charge in [-0.15, -0.1) is 0 Å². The predicted octanol–water partition coefficient (Wildman–Crippen LogP) is 15.4. The number of aromatic nitrogens is 4. The number of hydrogen-bond acceptors (Lipinski definition) is 4. The van der Waals surface area contributed by atoms with Crippen LogP contribution in [0.4, 0.5) is 0 Å². The normalized spacial score (nSPS) is 12.1. The molecule has 7 rings (SSSR count). The van der Waals surface area contributed by atoms with Gasteiger partial charge >= 0.3 is 0 Å². The molecule has 2 aliphatic rings. The van der Waals surface area contributed by atoms with Gasteiger partial charge in [0.2, 0.25) is 0 Å². The third-order valence-corrected chi connectivity index (χ3v) is 12.8. The minimum absolute atomic E-state index is 0.00532. The fourth-order valence-corrected chi connectivity index (χ4v) is 9.19. The summed E-state index contributed by atoms with van der Waals surface area (Å²) in [5.74, 6) is 0. The Kier molecular flexibility index (Phi) is 16.7. The highest BCUT2D eigenvalue weighted by Crippen LogP contribution is 2.35. The minimum atomic E-state index is 0.00532. The molecular formula is C56H68N4O2. The van der Waals surface area contributed by atoms with Crippen LogP contribution in [-0.2, 0) is 19.4 Å². The Labute approximate surface area is 370 Å². The Morgan fingerprint density at radius 1 is 0.452 bits per heavy atom. The van der Waals surface area contributed by atoms with Crippen LogP contribution >= 0.6 is 0 Å². The largest absolute Gasteiger partial charge is 0.392 e. The van der Waals surface area contributed by atoms with Gasteiger partial charge in [-0.2, -0.15) is 0 Å². The molecule has 3 N–H and O–H groups in total. The molecule has 324 valence electrons. The number of nitrogens with one attached hydrogen (secondary N) is 2. The lowest BCUT2D eigenvalue weighted by atomic mass is 10.0. The smallest absolute Gasteiger partial charge is 0.150 e. The van der Waals surface area contributed by atoms with Crippen molar-refractivity contribution >= 4 is 52.7 Å². The van der Waals surface area contributed by atoms with Crippen molar-refractivity contribution in [3.63, 3.8) is 0 Å². The number of aromatic amines is 2. The first kappa shape index (κ1) is 44.7. The van der Waals surface area contributed by atoms with E-state index in [1.807, 2.05) is 36.4 Å². The number of hydrogen-bond donors (Lipinski definition) is 3. The average Bonchev–Trinajstić information content (AvgIpc) is 4.16. The Hall–Kier alpha value is -5.33. The molecule has 0 unspecified atom stereocenters. The van der Waals surface area contributed by atoms with Gasteiger partial charge in [-0.1, -0.05) is 165 Å². The number of aryl methyl sites for hydroxylation is 2. The Bertz CT molecular complexity index is 2430. The predicted molar refractivity (Wildman–Crippen MR) is 263 cm³/mol. The zero-order chi connectivity index (χ0) is 42.9. The zero-order valence-corrected chi connectivity index (χ0v) is 37.4. The van der Waals surface area contributed by atoms with Crippen LogP contribution in [0, 0.1) is 0 Å². The number of H-pyrrole nitrogens is 2. The lowest BCUT2D eigenvalue weighted by Crippen LogP contribution is -1.94. The van der Waals surface area contributed by atoms with Crippen LogP contribution in [0.15, 0.2) is 72.8 Å². The maximum Gasteiger partial charge on any atom is 0.150 e. The molecule has 6 heteroatoms. The van der Waals surface area contributed by atoms with E-state index in [9.17, 15) is 9.90 Å². The molecule has 5 aromatic rings. The number of aliphatic hydroxyl groups excluding tert-OH is 1. The fraction of sp³-hybridized carbons (Fsp3) is 0.411. The summed E-state index contributed by atoms with van der Waals surface area (Å²) in [6.45, 7) is 4.56. The monoisotopic (exact) mass is 829 g/mol. The summed E-state index contributed by atoms with van der Waals surface area (Å²) < 4.78 is 0. The number of fused-ring (bicyclic) bond motifs is 8. The number of nitrogens with zero attached hydrogens (tertiary/aromatic N) is 2. The molecule has 5 heterocycles. The summed E-state index contributed by atoms with van der Waals surface area (Å²) in [7, 11) is 0.